The molecule has 4 aromatic rings. The Hall–Kier alpha value is -1.70. The molecule has 0 saturated carbocycles. The number of pyridine rings is 2. The van der Waals surface area contributed by atoms with E-state index >= 15 is 0 Å². The molecule has 2 aliphatic rings. The van der Waals surface area contributed by atoms with E-state index in [1.807, 2.05) is 13.8 Å². The molecule has 2 aromatic heterocycles. The van der Waals surface area contributed by atoms with Gasteiger partial charge in [-0.2, -0.15) is 0 Å². The third kappa shape index (κ3) is 7.15. The van der Waals surface area contributed by atoms with Crippen LogP contribution in [0.25, 0.3) is 0 Å². The highest BCUT2D eigenvalue weighted by Crippen LogP contribution is 2.36. The van der Waals surface area contributed by atoms with Crippen molar-refractivity contribution in [3.05, 3.63) is 123 Å². The Balaban J connectivity index is 0.000000168. The molecule has 0 aliphatic carbocycles. The van der Waals surface area contributed by atoms with Gasteiger partial charge in [0.2, 0.25) is 11.8 Å². The Morgan fingerprint density at radius 1 is 0.548 bits per heavy atom. The summed E-state index contributed by atoms with van der Waals surface area (Å²) in [4.78, 5) is 17.2. The fourth-order valence-electron chi connectivity index (χ4n) is 4.49. The van der Waals surface area contributed by atoms with Gasteiger partial charge in [-0.3, -0.25) is 9.97 Å². The van der Waals surface area contributed by atoms with Crippen molar-refractivity contribution in [1.82, 2.24) is 9.97 Å². The van der Waals surface area contributed by atoms with Crippen molar-refractivity contribution < 1.29 is 9.47 Å². The lowest BCUT2D eigenvalue weighted by Crippen LogP contribution is -2.13. The van der Waals surface area contributed by atoms with Crippen LogP contribution in [0.15, 0.2) is 83.3 Å². The highest BCUT2D eigenvalue weighted by molar-refractivity contribution is 14.1. The summed E-state index contributed by atoms with van der Waals surface area (Å²) in [7, 11) is 0. The van der Waals surface area contributed by atoms with E-state index in [-0.39, 0.29) is 24.3 Å². The normalized spacial score (nSPS) is 21.0. The van der Waals surface area contributed by atoms with Gasteiger partial charge >= 0.3 is 0 Å². The molecule has 2 aromatic carbocycles. The Kier molecular flexibility index (Phi) is 10.5. The minimum Gasteiger partial charge on any atom is -0.472 e. The maximum absolute atomic E-state index is 6.16. The van der Waals surface area contributed by atoms with Crippen molar-refractivity contribution in [3.63, 3.8) is 0 Å². The first-order valence-electron chi connectivity index (χ1n) is 12.7. The van der Waals surface area contributed by atoms with Gasteiger partial charge in [0.05, 0.1) is 31.2 Å². The van der Waals surface area contributed by atoms with Crippen LogP contribution in [0.4, 0.5) is 0 Å². The van der Waals surface area contributed by atoms with Gasteiger partial charge < -0.3 is 9.47 Å². The maximum Gasteiger partial charge on any atom is 0.220 e. The lowest BCUT2D eigenvalue weighted by Gasteiger charge is -2.13. The number of ether oxygens (including phenoxy) is 2. The third-order valence-electron chi connectivity index (χ3n) is 6.55. The number of hydrogen-bond acceptors (Lipinski definition) is 6. The summed E-state index contributed by atoms with van der Waals surface area (Å²) in [6, 6.07) is 16.4. The zero-order valence-corrected chi connectivity index (χ0v) is 29.4. The topological polar surface area (TPSA) is 69.0 Å². The van der Waals surface area contributed by atoms with E-state index in [0.29, 0.717) is 43.0 Å². The van der Waals surface area contributed by atoms with Gasteiger partial charge in [-0.05, 0) is 94.4 Å². The Bertz CT molecular complexity index is 1490. The van der Waals surface area contributed by atoms with E-state index < -0.39 is 0 Å². The molecule has 2 aliphatic heterocycles. The molecule has 4 heterocycles. The number of hydrogen-bond donors (Lipinski definition) is 0. The zero-order chi connectivity index (χ0) is 30.0. The predicted molar refractivity (Wildman–Crippen MR) is 186 cm³/mol. The molecule has 6 nitrogen and oxygen atoms in total. The van der Waals surface area contributed by atoms with E-state index in [0.717, 1.165) is 11.1 Å². The van der Waals surface area contributed by atoms with E-state index in [4.69, 9.17) is 55.9 Å². The summed E-state index contributed by atoms with van der Waals surface area (Å²) >= 11 is 29.2. The second-order valence-electron chi connectivity index (χ2n) is 9.46. The minimum atomic E-state index is -0.0691. The van der Waals surface area contributed by atoms with E-state index in [2.05, 4.69) is 114 Å². The van der Waals surface area contributed by atoms with Crippen LogP contribution in [-0.4, -0.2) is 34.0 Å². The average Bonchev–Trinajstić information content (AvgIpc) is 3.52. The van der Waals surface area contributed by atoms with Crippen molar-refractivity contribution in [2.75, 3.05) is 0 Å². The summed E-state index contributed by atoms with van der Waals surface area (Å²) in [5.74, 6) is 0.951. The van der Waals surface area contributed by atoms with Gasteiger partial charge in [-0.15, -0.1) is 0 Å². The van der Waals surface area contributed by atoms with E-state index in [1.54, 1.807) is 0 Å². The van der Waals surface area contributed by atoms with Crippen LogP contribution in [0.2, 0.25) is 20.1 Å². The van der Waals surface area contributed by atoms with Crippen LogP contribution in [0.1, 0.15) is 48.2 Å². The maximum atomic E-state index is 6.16. The smallest absolute Gasteiger partial charge is 0.220 e. The molecule has 0 amide bonds. The molecule has 0 radical (unpaired) electrons. The quantitative estimate of drug-likeness (QED) is 0.192. The van der Waals surface area contributed by atoms with Gasteiger partial charge in [-0.25, -0.2) is 9.98 Å². The van der Waals surface area contributed by atoms with E-state index in [1.165, 1.54) is 31.9 Å². The van der Waals surface area contributed by atoms with Crippen LogP contribution in [0, 0.1) is 7.14 Å². The Labute approximate surface area is 291 Å². The largest absolute Gasteiger partial charge is 0.472 e. The van der Waals surface area contributed by atoms with Gasteiger partial charge in [0.1, 0.15) is 24.3 Å². The molecular formula is C30H22Cl4I2N4O2. The lowest BCUT2D eigenvalue weighted by atomic mass is 10.0. The number of benzene rings is 2. The molecule has 0 bridgehead atoms. The molecule has 216 valence electrons. The number of halogens is 6. The van der Waals surface area contributed by atoms with Crippen molar-refractivity contribution in [1.29, 1.82) is 0 Å². The molecule has 0 saturated heterocycles. The number of nitrogens with zero attached hydrogens (tertiary/aromatic N) is 4. The highest BCUT2D eigenvalue weighted by atomic mass is 127. The fourth-order valence-corrected chi connectivity index (χ4v) is 6.27. The summed E-state index contributed by atoms with van der Waals surface area (Å²) in [5, 5.41) is 1.77. The summed E-state index contributed by atoms with van der Waals surface area (Å²) in [6.45, 7) is 3.98. The average molecular weight is 866 g/mol. The second-order valence-corrected chi connectivity index (χ2v) is 13.6. The third-order valence-corrected chi connectivity index (χ3v) is 9.14. The molecule has 0 fully saturated rings. The van der Waals surface area contributed by atoms with Crippen molar-refractivity contribution in [2.24, 2.45) is 9.98 Å². The summed E-state index contributed by atoms with van der Waals surface area (Å²) in [6.07, 6.45) is 6.02. The highest BCUT2D eigenvalue weighted by Gasteiger charge is 2.32. The fraction of sp³-hybridized carbons (Fsp3) is 0.200. The molecular weight excluding hydrogens is 844 g/mol. The summed E-state index contributed by atoms with van der Waals surface area (Å²) < 4.78 is 14.1. The Morgan fingerprint density at radius 2 is 0.857 bits per heavy atom. The molecule has 12 heteroatoms. The predicted octanol–water partition coefficient (Wildman–Crippen LogP) is 9.80. The number of rotatable bonds is 4. The second kappa shape index (κ2) is 13.9. The monoisotopic (exact) mass is 864 g/mol. The van der Waals surface area contributed by atoms with Gasteiger partial charge in [0.25, 0.3) is 0 Å². The van der Waals surface area contributed by atoms with Gasteiger partial charge in [0.15, 0.2) is 0 Å². The molecule has 42 heavy (non-hydrogen) atoms. The molecule has 0 unspecified atom stereocenters. The van der Waals surface area contributed by atoms with Crippen molar-refractivity contribution in [2.45, 2.75) is 38.1 Å². The standard InChI is InChI=1S/2C15H11Cl2IN2O/c2*1-8-14(9-2-4-10(18)5-3-9)20-15(21-8)13-11(16)6-19-7-12(13)17/h2*2-8,14H,1H3/t2*8-,14-/m10/s1. The molecule has 6 rings (SSSR count). The Morgan fingerprint density at radius 3 is 1.17 bits per heavy atom. The summed E-state index contributed by atoms with van der Waals surface area (Å²) in [5.41, 5.74) is 3.43. The number of aromatic nitrogens is 2. The number of aliphatic imine (C=N–C) groups is 2. The SMILES string of the molecule is C[C@@H]1OC(c2c(Cl)cncc2Cl)=N[C@@H]1c1ccc(I)cc1.C[C@H]1OC(c2c(Cl)cncc2Cl)=N[C@H]1c1ccc(I)cc1. The van der Waals surface area contributed by atoms with Crippen LogP contribution in [-0.2, 0) is 9.47 Å². The van der Waals surface area contributed by atoms with Crippen LogP contribution in [0.3, 0.4) is 0 Å². The van der Waals surface area contributed by atoms with Crippen molar-refractivity contribution >= 4 is 103 Å². The van der Waals surface area contributed by atoms with E-state index in [9.17, 15) is 0 Å². The first-order valence-corrected chi connectivity index (χ1v) is 16.4. The zero-order valence-electron chi connectivity index (χ0n) is 22.1. The lowest BCUT2D eigenvalue weighted by molar-refractivity contribution is 0.214. The van der Waals surface area contributed by atoms with Crippen LogP contribution >= 0.6 is 91.6 Å². The molecule has 0 N–H and O–H groups in total. The minimum absolute atomic E-state index is 0.0581. The van der Waals surface area contributed by atoms with Crippen molar-refractivity contribution in [3.8, 4) is 0 Å². The first-order chi connectivity index (χ1) is 20.1. The van der Waals surface area contributed by atoms with Crippen LogP contribution in [0.5, 0.6) is 0 Å². The molecule has 4 atom stereocenters. The first kappa shape index (κ1) is 31.7. The van der Waals surface area contributed by atoms with Gasteiger partial charge in [0, 0.05) is 31.9 Å². The van der Waals surface area contributed by atoms with Crippen LogP contribution < -0.4 is 0 Å². The van der Waals surface area contributed by atoms with Gasteiger partial charge in [-0.1, -0.05) is 70.7 Å². The molecule has 0 spiro atoms.